The molecule has 0 amide bonds. The Balaban J connectivity index is 4.18. The van der Waals surface area contributed by atoms with E-state index < -0.39 is 19.8 Å². The Labute approximate surface area is 199 Å². The molecule has 0 aliphatic heterocycles. The van der Waals surface area contributed by atoms with E-state index in [1.165, 1.54) is 0 Å². The van der Waals surface area contributed by atoms with Gasteiger partial charge in [0.2, 0.25) is 0 Å². The zero-order valence-corrected chi connectivity index (χ0v) is 21.6. The van der Waals surface area contributed by atoms with E-state index in [0.717, 1.165) is 38.5 Å². The van der Waals surface area contributed by atoms with Crippen molar-refractivity contribution in [1.82, 2.24) is 0 Å². The third-order valence-corrected chi connectivity index (χ3v) is 5.98. The maximum atomic E-state index is 12.9. The molecule has 0 aromatic carbocycles. The van der Waals surface area contributed by atoms with Gasteiger partial charge in [-0.25, -0.2) is 14.2 Å². The third kappa shape index (κ3) is 18.6. The van der Waals surface area contributed by atoms with Crippen molar-refractivity contribution < 1.29 is 37.2 Å². The minimum atomic E-state index is -3.63. The molecule has 0 unspecified atom stereocenters. The van der Waals surface area contributed by atoms with Crippen LogP contribution in [-0.4, -0.2) is 45.0 Å². The number of carbonyl (C=O) groups is 2. The summed E-state index contributed by atoms with van der Waals surface area (Å²) in [6, 6.07) is 0. The molecule has 0 heterocycles. The standard InChI is InChI=1S/C24H43O8P/c1-6-7-8-13-18-30-33(27,31-19-14-9-11-16-28-23(25)21(2)3)32-20-15-10-12-17-29-24(26)22(4)5/h2,4,6-20H2,1,3,5H3. The minimum absolute atomic E-state index is 0.234. The van der Waals surface area contributed by atoms with Crippen molar-refractivity contribution in [2.45, 2.75) is 85.0 Å². The van der Waals surface area contributed by atoms with Crippen molar-refractivity contribution >= 4 is 19.8 Å². The maximum Gasteiger partial charge on any atom is 0.474 e. The first-order valence-electron chi connectivity index (χ1n) is 11.9. The molecule has 0 aromatic heterocycles. The van der Waals surface area contributed by atoms with E-state index in [1.54, 1.807) is 13.8 Å². The number of phosphoric acid groups is 1. The third-order valence-electron chi connectivity index (χ3n) is 4.49. The molecule has 9 heteroatoms. The molecule has 0 radical (unpaired) electrons. The fourth-order valence-electron chi connectivity index (χ4n) is 2.51. The second kappa shape index (κ2) is 20.0. The maximum absolute atomic E-state index is 12.9. The second-order valence-electron chi connectivity index (χ2n) is 7.96. The molecule has 0 spiro atoms. The molecule has 0 saturated heterocycles. The molecule has 8 nitrogen and oxygen atoms in total. The molecule has 0 N–H and O–H groups in total. The van der Waals surface area contributed by atoms with Crippen molar-refractivity contribution in [2.24, 2.45) is 0 Å². The number of carbonyl (C=O) groups excluding carboxylic acids is 2. The first-order chi connectivity index (χ1) is 15.7. The van der Waals surface area contributed by atoms with Gasteiger partial charge in [0.15, 0.2) is 0 Å². The van der Waals surface area contributed by atoms with Gasteiger partial charge in [0, 0.05) is 11.1 Å². The van der Waals surface area contributed by atoms with Crippen LogP contribution in [0, 0.1) is 0 Å². The van der Waals surface area contributed by atoms with Crippen molar-refractivity contribution in [3.63, 3.8) is 0 Å². The molecular weight excluding hydrogens is 447 g/mol. The van der Waals surface area contributed by atoms with Crippen LogP contribution in [0.2, 0.25) is 0 Å². The average molecular weight is 491 g/mol. The van der Waals surface area contributed by atoms with Gasteiger partial charge in [0.25, 0.3) is 0 Å². The van der Waals surface area contributed by atoms with E-state index in [4.69, 9.17) is 23.0 Å². The van der Waals surface area contributed by atoms with E-state index in [1.807, 2.05) is 0 Å². The van der Waals surface area contributed by atoms with Gasteiger partial charge in [0.05, 0.1) is 33.0 Å². The number of ether oxygens (including phenoxy) is 2. The summed E-state index contributed by atoms with van der Waals surface area (Å²) in [6.07, 6.45) is 8.16. The lowest BCUT2D eigenvalue weighted by molar-refractivity contribution is -0.139. The molecule has 0 rings (SSSR count). The fourth-order valence-corrected chi connectivity index (χ4v) is 3.79. The van der Waals surface area contributed by atoms with Crippen LogP contribution in [0.4, 0.5) is 0 Å². The molecule has 192 valence electrons. The summed E-state index contributed by atoms with van der Waals surface area (Å²) in [6.45, 7) is 13.8. The number of phosphoric ester groups is 1. The highest BCUT2D eigenvalue weighted by Gasteiger charge is 2.26. The number of rotatable bonds is 22. The Kier molecular flexibility index (Phi) is 19.1. The van der Waals surface area contributed by atoms with E-state index in [2.05, 4.69) is 20.1 Å². The molecule has 0 aliphatic rings. The Morgan fingerprint density at radius 2 is 0.939 bits per heavy atom. The Hall–Kier alpha value is -1.47. The highest BCUT2D eigenvalue weighted by Crippen LogP contribution is 2.50. The summed E-state index contributed by atoms with van der Waals surface area (Å²) < 4.78 is 39.5. The Bertz CT molecular complexity index is 588. The minimum Gasteiger partial charge on any atom is -0.462 e. The van der Waals surface area contributed by atoms with Gasteiger partial charge in [-0.05, 0) is 58.8 Å². The largest absolute Gasteiger partial charge is 0.474 e. The Morgan fingerprint density at radius 3 is 1.27 bits per heavy atom. The molecule has 0 fully saturated rings. The smallest absolute Gasteiger partial charge is 0.462 e. The summed E-state index contributed by atoms with van der Waals surface area (Å²) in [5.41, 5.74) is 0.751. The van der Waals surface area contributed by atoms with E-state index >= 15 is 0 Å². The van der Waals surface area contributed by atoms with Gasteiger partial charge in [0.1, 0.15) is 0 Å². The highest BCUT2D eigenvalue weighted by molar-refractivity contribution is 7.48. The molecule has 0 bridgehead atoms. The van der Waals surface area contributed by atoms with Crippen molar-refractivity contribution in [2.75, 3.05) is 33.0 Å². The van der Waals surface area contributed by atoms with Gasteiger partial charge < -0.3 is 9.47 Å². The lowest BCUT2D eigenvalue weighted by Gasteiger charge is -2.18. The highest BCUT2D eigenvalue weighted by atomic mass is 31.2. The van der Waals surface area contributed by atoms with E-state index in [-0.39, 0.29) is 13.2 Å². The molecular formula is C24H43O8P. The topological polar surface area (TPSA) is 97.4 Å². The monoisotopic (exact) mass is 490 g/mol. The van der Waals surface area contributed by atoms with Crippen LogP contribution in [0.5, 0.6) is 0 Å². The summed E-state index contributed by atoms with van der Waals surface area (Å²) in [7, 11) is -3.63. The van der Waals surface area contributed by atoms with Gasteiger partial charge in [-0.2, -0.15) is 0 Å². The normalized spacial score (nSPS) is 11.2. The summed E-state index contributed by atoms with van der Waals surface area (Å²) in [5, 5.41) is 0. The van der Waals surface area contributed by atoms with Gasteiger partial charge in [-0.15, -0.1) is 0 Å². The van der Waals surface area contributed by atoms with Gasteiger partial charge in [-0.3, -0.25) is 13.6 Å². The number of hydrogen-bond donors (Lipinski definition) is 0. The average Bonchev–Trinajstić information content (AvgIpc) is 2.77. The van der Waals surface area contributed by atoms with Crippen LogP contribution in [-0.2, 0) is 37.2 Å². The fraction of sp³-hybridized carbons (Fsp3) is 0.750. The number of esters is 2. The lowest BCUT2D eigenvalue weighted by Crippen LogP contribution is -2.07. The van der Waals surface area contributed by atoms with Gasteiger partial charge in [-0.1, -0.05) is 39.3 Å². The van der Waals surface area contributed by atoms with Crippen LogP contribution in [0.25, 0.3) is 0 Å². The van der Waals surface area contributed by atoms with Crippen LogP contribution in [0.15, 0.2) is 24.3 Å². The predicted molar refractivity (Wildman–Crippen MR) is 129 cm³/mol. The van der Waals surface area contributed by atoms with Crippen LogP contribution in [0.1, 0.15) is 85.0 Å². The molecule has 0 aromatic rings. The van der Waals surface area contributed by atoms with Crippen LogP contribution < -0.4 is 0 Å². The zero-order valence-electron chi connectivity index (χ0n) is 20.7. The van der Waals surface area contributed by atoms with Crippen molar-refractivity contribution in [3.05, 3.63) is 24.3 Å². The van der Waals surface area contributed by atoms with Crippen molar-refractivity contribution in [3.8, 4) is 0 Å². The Morgan fingerprint density at radius 1 is 0.606 bits per heavy atom. The first kappa shape index (κ1) is 31.5. The molecule has 0 aliphatic carbocycles. The second-order valence-corrected chi connectivity index (χ2v) is 9.63. The summed E-state index contributed by atoms with van der Waals surface area (Å²) >= 11 is 0. The summed E-state index contributed by atoms with van der Waals surface area (Å²) in [4.78, 5) is 22.7. The van der Waals surface area contributed by atoms with Gasteiger partial charge >= 0.3 is 19.8 Å². The summed E-state index contributed by atoms with van der Waals surface area (Å²) in [5.74, 6) is -0.788. The number of unbranched alkanes of at least 4 members (excludes halogenated alkanes) is 7. The molecule has 33 heavy (non-hydrogen) atoms. The van der Waals surface area contributed by atoms with E-state index in [9.17, 15) is 14.2 Å². The van der Waals surface area contributed by atoms with Crippen molar-refractivity contribution in [1.29, 1.82) is 0 Å². The lowest BCUT2D eigenvalue weighted by atomic mass is 10.2. The predicted octanol–water partition coefficient (Wildman–Crippen LogP) is 6.30. The molecule has 0 atom stereocenters. The van der Waals surface area contributed by atoms with E-state index in [0.29, 0.717) is 56.7 Å². The first-order valence-corrected chi connectivity index (χ1v) is 13.4. The number of hydrogen-bond acceptors (Lipinski definition) is 8. The molecule has 0 saturated carbocycles. The quantitative estimate of drug-likeness (QED) is 0.0754. The zero-order chi connectivity index (χ0) is 25.0. The SMILES string of the molecule is C=C(C)C(=O)OCCCCCOP(=O)(OCCCCCC)OCCCCCOC(=O)C(=C)C. The van der Waals surface area contributed by atoms with Crippen LogP contribution in [0.3, 0.4) is 0 Å². The van der Waals surface area contributed by atoms with Crippen LogP contribution >= 0.6 is 7.82 Å².